The van der Waals surface area contributed by atoms with E-state index >= 15 is 0 Å². The molecule has 2 rings (SSSR count). The highest BCUT2D eigenvalue weighted by Crippen LogP contribution is 2.26. The second-order valence-corrected chi connectivity index (χ2v) is 5.58. The molecule has 0 heterocycles. The highest BCUT2D eigenvalue weighted by atomic mass is 35.5. The summed E-state index contributed by atoms with van der Waals surface area (Å²) in [6, 6.07) is 8.18. The average molecular weight is 395 g/mol. The summed E-state index contributed by atoms with van der Waals surface area (Å²) in [5.74, 6) is -0.779. The second-order valence-electron chi connectivity index (χ2n) is 5.14. The number of halogens is 1. The van der Waals surface area contributed by atoms with Gasteiger partial charge in [-0.05, 0) is 12.1 Å². The van der Waals surface area contributed by atoms with E-state index < -0.39 is 29.1 Å². The number of amides is 1. The van der Waals surface area contributed by atoms with E-state index in [2.05, 4.69) is 5.32 Å². The average Bonchev–Trinajstić information content (AvgIpc) is 2.65. The Bertz CT molecular complexity index is 863. The maximum atomic E-state index is 12.1. The summed E-state index contributed by atoms with van der Waals surface area (Å²) in [6.07, 6.45) is 0. The van der Waals surface area contributed by atoms with Crippen LogP contribution >= 0.6 is 11.6 Å². The molecule has 0 bridgehead atoms. The minimum Gasteiger partial charge on any atom is -0.497 e. The van der Waals surface area contributed by atoms with Crippen molar-refractivity contribution in [3.8, 4) is 11.5 Å². The number of hydrogen-bond acceptors (Lipinski definition) is 7. The molecule has 27 heavy (non-hydrogen) atoms. The van der Waals surface area contributed by atoms with Crippen molar-refractivity contribution in [2.24, 2.45) is 0 Å². The Kier molecular flexibility index (Phi) is 6.56. The molecule has 1 N–H and O–H groups in total. The zero-order chi connectivity index (χ0) is 20.0. The largest absolute Gasteiger partial charge is 0.497 e. The second kappa shape index (κ2) is 8.86. The number of esters is 1. The summed E-state index contributed by atoms with van der Waals surface area (Å²) >= 11 is 5.76. The van der Waals surface area contributed by atoms with Gasteiger partial charge < -0.3 is 19.5 Å². The molecule has 0 spiro atoms. The Labute approximate surface area is 158 Å². The number of ether oxygens (including phenoxy) is 3. The lowest BCUT2D eigenvalue weighted by molar-refractivity contribution is -0.385. The van der Waals surface area contributed by atoms with Gasteiger partial charge in [0, 0.05) is 35.0 Å². The minimum atomic E-state index is -1.04. The molecule has 10 heteroatoms. The molecule has 0 fully saturated rings. The summed E-state index contributed by atoms with van der Waals surface area (Å²) in [5, 5.41) is 13.6. The van der Waals surface area contributed by atoms with Gasteiger partial charge in [-0.15, -0.1) is 0 Å². The predicted octanol–water partition coefficient (Wildman–Crippen LogP) is 3.06. The molecule has 1 amide bonds. The molecule has 0 aromatic heterocycles. The molecule has 0 unspecified atom stereocenters. The van der Waals surface area contributed by atoms with Crippen LogP contribution in [0.2, 0.25) is 5.02 Å². The Morgan fingerprint density at radius 3 is 2.30 bits per heavy atom. The van der Waals surface area contributed by atoms with Crippen LogP contribution in [0.4, 0.5) is 11.4 Å². The number of benzene rings is 2. The maximum Gasteiger partial charge on any atom is 0.345 e. The van der Waals surface area contributed by atoms with Crippen LogP contribution < -0.4 is 14.8 Å². The van der Waals surface area contributed by atoms with Crippen molar-refractivity contribution in [3.05, 3.63) is 57.1 Å². The SMILES string of the molecule is COc1cc(NC(=O)COC(=O)c2cc(Cl)ccc2[N+](=O)[O-])cc(OC)c1. The Hall–Kier alpha value is -3.33. The molecule has 0 aliphatic rings. The molecule has 0 radical (unpaired) electrons. The summed E-state index contributed by atoms with van der Waals surface area (Å²) in [6.45, 7) is -0.651. The normalized spacial score (nSPS) is 10.0. The number of hydrogen-bond donors (Lipinski definition) is 1. The lowest BCUT2D eigenvalue weighted by Gasteiger charge is -2.10. The van der Waals surface area contributed by atoms with E-state index in [4.69, 9.17) is 25.8 Å². The smallest absolute Gasteiger partial charge is 0.345 e. The predicted molar refractivity (Wildman–Crippen MR) is 96.6 cm³/mol. The van der Waals surface area contributed by atoms with E-state index in [1.807, 2.05) is 0 Å². The molecule has 2 aromatic rings. The van der Waals surface area contributed by atoms with Crippen LogP contribution in [0.3, 0.4) is 0 Å². The molecule has 0 aliphatic heterocycles. The molecule has 0 saturated carbocycles. The number of nitrogens with one attached hydrogen (secondary N) is 1. The van der Waals surface area contributed by atoms with Crippen LogP contribution in [0.15, 0.2) is 36.4 Å². The third-order valence-electron chi connectivity index (χ3n) is 3.34. The van der Waals surface area contributed by atoms with E-state index in [1.165, 1.54) is 20.3 Å². The Morgan fingerprint density at radius 2 is 1.74 bits per heavy atom. The van der Waals surface area contributed by atoms with Crippen molar-refractivity contribution in [1.29, 1.82) is 0 Å². The van der Waals surface area contributed by atoms with E-state index in [9.17, 15) is 19.7 Å². The zero-order valence-electron chi connectivity index (χ0n) is 14.4. The number of carbonyl (C=O) groups is 2. The number of nitro benzene ring substituents is 1. The third-order valence-corrected chi connectivity index (χ3v) is 3.58. The van der Waals surface area contributed by atoms with Crippen LogP contribution in [-0.4, -0.2) is 37.6 Å². The standard InChI is InChI=1S/C17H15ClN2O7/c1-25-12-6-11(7-13(8-12)26-2)19-16(21)9-27-17(22)14-5-10(18)3-4-15(14)20(23)24/h3-8H,9H2,1-2H3,(H,19,21). The van der Waals surface area contributed by atoms with Gasteiger partial charge in [-0.25, -0.2) is 4.79 Å². The lowest BCUT2D eigenvalue weighted by Crippen LogP contribution is -2.21. The molecular weight excluding hydrogens is 380 g/mol. The van der Waals surface area contributed by atoms with Gasteiger partial charge >= 0.3 is 5.97 Å². The van der Waals surface area contributed by atoms with E-state index in [-0.39, 0.29) is 10.6 Å². The van der Waals surface area contributed by atoms with Crippen LogP contribution in [0.1, 0.15) is 10.4 Å². The van der Waals surface area contributed by atoms with Crippen molar-refractivity contribution >= 4 is 34.9 Å². The topological polar surface area (TPSA) is 117 Å². The van der Waals surface area contributed by atoms with Gasteiger partial charge in [0.2, 0.25) is 0 Å². The Morgan fingerprint density at radius 1 is 1.11 bits per heavy atom. The van der Waals surface area contributed by atoms with Gasteiger partial charge in [0.15, 0.2) is 6.61 Å². The van der Waals surface area contributed by atoms with Crippen LogP contribution in [0, 0.1) is 10.1 Å². The number of methoxy groups -OCH3 is 2. The fraction of sp³-hybridized carbons (Fsp3) is 0.176. The number of nitro groups is 1. The molecule has 0 atom stereocenters. The zero-order valence-corrected chi connectivity index (χ0v) is 15.1. The van der Waals surface area contributed by atoms with Crippen molar-refractivity contribution in [3.63, 3.8) is 0 Å². The highest BCUT2D eigenvalue weighted by Gasteiger charge is 2.22. The molecular formula is C17H15ClN2O7. The van der Waals surface area contributed by atoms with Crippen molar-refractivity contribution < 1.29 is 28.7 Å². The van der Waals surface area contributed by atoms with Gasteiger partial charge in [0.25, 0.3) is 11.6 Å². The molecule has 0 saturated heterocycles. The van der Waals surface area contributed by atoms with Gasteiger partial charge in [-0.2, -0.15) is 0 Å². The number of nitrogens with zero attached hydrogens (tertiary/aromatic N) is 1. The van der Waals surface area contributed by atoms with E-state index in [1.54, 1.807) is 18.2 Å². The highest BCUT2D eigenvalue weighted by molar-refractivity contribution is 6.31. The van der Waals surface area contributed by atoms with Crippen molar-refractivity contribution in [2.45, 2.75) is 0 Å². The maximum absolute atomic E-state index is 12.1. The van der Waals surface area contributed by atoms with Gasteiger partial charge in [-0.3, -0.25) is 14.9 Å². The molecule has 142 valence electrons. The first-order valence-corrected chi connectivity index (χ1v) is 7.86. The summed E-state index contributed by atoms with van der Waals surface area (Å²) in [4.78, 5) is 34.3. The summed E-state index contributed by atoms with van der Waals surface area (Å²) in [5.41, 5.74) is -0.452. The number of anilines is 1. The number of carbonyl (C=O) groups excluding carboxylic acids is 2. The van der Waals surface area contributed by atoms with Crippen LogP contribution in [0.5, 0.6) is 11.5 Å². The van der Waals surface area contributed by atoms with Crippen LogP contribution in [-0.2, 0) is 9.53 Å². The van der Waals surface area contributed by atoms with Crippen molar-refractivity contribution in [2.75, 3.05) is 26.1 Å². The monoisotopic (exact) mass is 394 g/mol. The van der Waals surface area contributed by atoms with E-state index in [0.29, 0.717) is 17.2 Å². The van der Waals surface area contributed by atoms with Gasteiger partial charge in [-0.1, -0.05) is 11.6 Å². The first-order chi connectivity index (χ1) is 12.8. The first-order valence-electron chi connectivity index (χ1n) is 7.48. The van der Waals surface area contributed by atoms with Gasteiger partial charge in [0.1, 0.15) is 17.1 Å². The lowest BCUT2D eigenvalue weighted by atomic mass is 10.2. The fourth-order valence-corrected chi connectivity index (χ4v) is 2.29. The summed E-state index contributed by atoms with van der Waals surface area (Å²) in [7, 11) is 2.92. The number of rotatable bonds is 7. The Balaban J connectivity index is 2.05. The van der Waals surface area contributed by atoms with Crippen molar-refractivity contribution in [1.82, 2.24) is 0 Å². The quantitative estimate of drug-likeness (QED) is 0.435. The summed E-state index contributed by atoms with van der Waals surface area (Å²) < 4.78 is 15.0. The fourth-order valence-electron chi connectivity index (χ4n) is 2.12. The molecule has 9 nitrogen and oxygen atoms in total. The minimum absolute atomic E-state index is 0.125. The van der Waals surface area contributed by atoms with Crippen LogP contribution in [0.25, 0.3) is 0 Å². The first kappa shape index (κ1) is 20.0. The molecule has 0 aliphatic carbocycles. The molecule has 2 aromatic carbocycles. The van der Waals surface area contributed by atoms with Gasteiger partial charge in [0.05, 0.1) is 19.1 Å². The van der Waals surface area contributed by atoms with E-state index in [0.717, 1.165) is 12.1 Å². The third kappa shape index (κ3) is 5.32.